The molecule has 4 atom stereocenters. The molecule has 38 heavy (non-hydrogen) atoms. The SMILES string of the molecule is C[C@@H](CO[C@@H]1CCN([C@H]2CCN(c3ncc(C(F)(F)F)cn3)C[C@@H]2O[Si](C)(C)C(C)(C)C)C1=O)OC(N)=O. The van der Waals surface area contributed by atoms with E-state index in [-0.39, 0.29) is 29.5 Å². The lowest BCUT2D eigenvalue weighted by molar-refractivity contribution is -0.142. The van der Waals surface area contributed by atoms with Crippen LogP contribution in [0.15, 0.2) is 12.4 Å². The molecule has 2 aliphatic heterocycles. The van der Waals surface area contributed by atoms with Crippen molar-refractivity contribution in [3.63, 3.8) is 0 Å². The number of alkyl halides is 3. The third kappa shape index (κ3) is 7.14. The summed E-state index contributed by atoms with van der Waals surface area (Å²) in [6.07, 6.45) is -4.49. The van der Waals surface area contributed by atoms with Gasteiger partial charge in [0.2, 0.25) is 5.95 Å². The van der Waals surface area contributed by atoms with Gasteiger partial charge in [-0.1, -0.05) is 20.8 Å². The molecule has 2 aliphatic rings. The van der Waals surface area contributed by atoms with Crippen LogP contribution in [-0.4, -0.2) is 85.8 Å². The van der Waals surface area contributed by atoms with Crippen molar-refractivity contribution in [2.45, 2.75) is 89.2 Å². The van der Waals surface area contributed by atoms with Gasteiger partial charge in [-0.3, -0.25) is 4.79 Å². The number of likely N-dealkylation sites (tertiary alicyclic amines) is 1. The molecule has 0 bridgehead atoms. The minimum absolute atomic E-state index is 0.0424. The Bertz CT molecular complexity index is 989. The molecule has 2 amide bonds. The lowest BCUT2D eigenvalue weighted by atomic mass is 10.0. The fourth-order valence-corrected chi connectivity index (χ4v) is 5.73. The Kier molecular flexibility index (Phi) is 8.98. The topological polar surface area (TPSA) is 120 Å². The molecule has 1 aromatic rings. The van der Waals surface area contributed by atoms with E-state index in [0.29, 0.717) is 32.5 Å². The number of nitrogens with zero attached hydrogens (tertiary/aromatic N) is 4. The van der Waals surface area contributed by atoms with Crippen LogP contribution in [0.5, 0.6) is 0 Å². The van der Waals surface area contributed by atoms with Gasteiger partial charge in [0, 0.05) is 38.4 Å². The summed E-state index contributed by atoms with van der Waals surface area (Å²) >= 11 is 0. The van der Waals surface area contributed by atoms with E-state index in [4.69, 9.17) is 19.6 Å². The normalized spacial score (nSPS) is 24.0. The summed E-state index contributed by atoms with van der Waals surface area (Å²) in [5.41, 5.74) is 4.13. The lowest BCUT2D eigenvalue weighted by Gasteiger charge is -2.47. The molecule has 3 rings (SSSR count). The molecule has 14 heteroatoms. The number of hydrogen-bond donors (Lipinski definition) is 1. The van der Waals surface area contributed by atoms with Crippen LogP contribution in [0, 0.1) is 0 Å². The highest BCUT2D eigenvalue weighted by Gasteiger charge is 2.47. The monoisotopic (exact) mass is 561 g/mol. The fraction of sp³-hybridized carbons (Fsp3) is 0.750. The van der Waals surface area contributed by atoms with E-state index in [1.54, 1.807) is 11.8 Å². The fourth-order valence-electron chi connectivity index (χ4n) is 4.39. The zero-order valence-electron chi connectivity index (χ0n) is 22.7. The smallest absolute Gasteiger partial charge is 0.419 e. The van der Waals surface area contributed by atoms with E-state index in [1.807, 2.05) is 4.90 Å². The van der Waals surface area contributed by atoms with Crippen LogP contribution in [0.25, 0.3) is 0 Å². The van der Waals surface area contributed by atoms with Crippen LogP contribution in [0.2, 0.25) is 18.1 Å². The van der Waals surface area contributed by atoms with E-state index in [2.05, 4.69) is 43.8 Å². The lowest BCUT2D eigenvalue weighted by Crippen LogP contribution is -2.60. The molecule has 2 N–H and O–H groups in total. The number of aromatic nitrogens is 2. The summed E-state index contributed by atoms with van der Waals surface area (Å²) < 4.78 is 56.3. The van der Waals surface area contributed by atoms with Gasteiger partial charge in [-0.2, -0.15) is 13.2 Å². The van der Waals surface area contributed by atoms with Crippen LogP contribution < -0.4 is 10.6 Å². The predicted octanol–water partition coefficient (Wildman–Crippen LogP) is 3.57. The number of carbonyl (C=O) groups is 2. The van der Waals surface area contributed by atoms with Crippen molar-refractivity contribution < 1.29 is 36.7 Å². The molecule has 0 saturated carbocycles. The number of primary amides is 1. The van der Waals surface area contributed by atoms with Gasteiger partial charge in [-0.05, 0) is 31.5 Å². The van der Waals surface area contributed by atoms with Crippen molar-refractivity contribution in [2.24, 2.45) is 5.73 Å². The van der Waals surface area contributed by atoms with E-state index in [1.165, 1.54) is 0 Å². The van der Waals surface area contributed by atoms with Crippen LogP contribution in [0.4, 0.5) is 23.9 Å². The number of rotatable bonds is 8. The average molecular weight is 562 g/mol. The average Bonchev–Trinajstić information content (AvgIpc) is 3.15. The minimum atomic E-state index is -4.52. The Morgan fingerprint density at radius 1 is 1.18 bits per heavy atom. The van der Waals surface area contributed by atoms with Gasteiger partial charge in [0.1, 0.15) is 12.2 Å². The van der Waals surface area contributed by atoms with Gasteiger partial charge >= 0.3 is 12.3 Å². The molecular weight excluding hydrogens is 523 g/mol. The number of ether oxygens (including phenoxy) is 2. The Morgan fingerprint density at radius 2 is 1.82 bits per heavy atom. The van der Waals surface area contributed by atoms with E-state index in [9.17, 15) is 22.8 Å². The van der Waals surface area contributed by atoms with Gasteiger partial charge in [-0.25, -0.2) is 14.8 Å². The van der Waals surface area contributed by atoms with Gasteiger partial charge in [0.15, 0.2) is 8.32 Å². The van der Waals surface area contributed by atoms with E-state index in [0.717, 1.165) is 12.4 Å². The van der Waals surface area contributed by atoms with Crippen LogP contribution in [-0.2, 0) is 24.9 Å². The van der Waals surface area contributed by atoms with Crippen LogP contribution in [0.3, 0.4) is 0 Å². The molecular formula is C24H38F3N5O5Si. The van der Waals surface area contributed by atoms with Crippen molar-refractivity contribution >= 4 is 26.3 Å². The first kappa shape index (κ1) is 30.1. The summed E-state index contributed by atoms with van der Waals surface area (Å²) in [6, 6.07) is -0.241. The zero-order valence-corrected chi connectivity index (χ0v) is 23.7. The molecule has 1 aromatic heterocycles. The molecule has 2 saturated heterocycles. The third-order valence-corrected chi connectivity index (χ3v) is 12.0. The Labute approximate surface area is 222 Å². The maximum absolute atomic E-state index is 13.3. The summed E-state index contributed by atoms with van der Waals surface area (Å²) in [6.45, 7) is 13.5. The number of anilines is 1. The Morgan fingerprint density at radius 3 is 2.37 bits per heavy atom. The number of hydrogen-bond acceptors (Lipinski definition) is 8. The summed E-state index contributed by atoms with van der Waals surface area (Å²) in [5, 5.41) is -0.0953. The molecule has 214 valence electrons. The molecule has 0 unspecified atom stereocenters. The summed E-state index contributed by atoms with van der Waals surface area (Å²) in [5.74, 6) is 0.0296. The molecule has 0 aliphatic carbocycles. The second-order valence-electron chi connectivity index (χ2n) is 11.4. The summed E-state index contributed by atoms with van der Waals surface area (Å²) in [7, 11) is -2.28. The number of amides is 2. The van der Waals surface area contributed by atoms with Crippen molar-refractivity contribution in [3.05, 3.63) is 18.0 Å². The number of piperidine rings is 1. The van der Waals surface area contributed by atoms with Gasteiger partial charge in [0.25, 0.3) is 5.91 Å². The quantitative estimate of drug-likeness (QED) is 0.479. The maximum atomic E-state index is 13.3. The highest BCUT2D eigenvalue weighted by Crippen LogP contribution is 2.39. The molecule has 0 spiro atoms. The third-order valence-electron chi connectivity index (χ3n) is 7.47. The maximum Gasteiger partial charge on any atom is 0.419 e. The van der Waals surface area contributed by atoms with Crippen molar-refractivity contribution in [3.8, 4) is 0 Å². The van der Waals surface area contributed by atoms with E-state index < -0.39 is 44.5 Å². The minimum Gasteiger partial charge on any atom is -0.444 e. The highest BCUT2D eigenvalue weighted by molar-refractivity contribution is 6.74. The highest BCUT2D eigenvalue weighted by atomic mass is 28.4. The zero-order chi connectivity index (χ0) is 28.5. The summed E-state index contributed by atoms with van der Waals surface area (Å²) in [4.78, 5) is 35.8. The largest absolute Gasteiger partial charge is 0.444 e. The van der Waals surface area contributed by atoms with Gasteiger partial charge in [-0.15, -0.1) is 0 Å². The molecule has 3 heterocycles. The van der Waals surface area contributed by atoms with Gasteiger partial charge in [0.05, 0.1) is 24.3 Å². The molecule has 10 nitrogen and oxygen atoms in total. The first-order valence-corrected chi connectivity index (χ1v) is 15.6. The van der Waals surface area contributed by atoms with Crippen molar-refractivity contribution in [1.29, 1.82) is 0 Å². The first-order chi connectivity index (χ1) is 17.5. The first-order valence-electron chi connectivity index (χ1n) is 12.7. The second kappa shape index (κ2) is 11.3. The van der Waals surface area contributed by atoms with Gasteiger partial charge < -0.3 is 29.4 Å². The predicted molar refractivity (Wildman–Crippen MR) is 136 cm³/mol. The van der Waals surface area contributed by atoms with E-state index >= 15 is 0 Å². The van der Waals surface area contributed by atoms with Crippen LogP contribution in [0.1, 0.15) is 46.1 Å². The molecule has 2 fully saturated rings. The molecule has 0 aromatic carbocycles. The number of carbonyl (C=O) groups excluding carboxylic acids is 2. The van der Waals surface area contributed by atoms with Crippen molar-refractivity contribution in [2.75, 3.05) is 31.1 Å². The standard InChI is InChI=1S/C24H38F3N5O5Si/c1-15(36-21(28)34)14-35-18-8-10-32(20(18)33)17-7-9-31(13-19(17)37-38(5,6)23(2,3)4)22-29-11-16(12-30-22)24(25,26)27/h11-12,15,17-19H,7-10,13-14H2,1-6H3,(H2,28,34)/t15-,17-,18+,19-/m0/s1. The number of halogens is 3. The Balaban J connectivity index is 1.76. The Hall–Kier alpha value is -2.45. The number of nitrogens with two attached hydrogens (primary N) is 1. The van der Waals surface area contributed by atoms with Crippen LogP contribution >= 0.6 is 0 Å². The van der Waals surface area contributed by atoms with Crippen molar-refractivity contribution in [1.82, 2.24) is 14.9 Å². The second-order valence-corrected chi connectivity index (χ2v) is 16.1. The molecule has 0 radical (unpaired) electrons.